The molecule has 0 amide bonds. The number of aromatic nitrogens is 5. The Kier molecular flexibility index (Phi) is 6.32. The van der Waals surface area contributed by atoms with Crippen molar-refractivity contribution in [1.82, 2.24) is 25.0 Å². The maximum absolute atomic E-state index is 11.1. The highest BCUT2D eigenvalue weighted by Gasteiger charge is 2.14. The van der Waals surface area contributed by atoms with Gasteiger partial charge in [0.2, 0.25) is 0 Å². The lowest BCUT2D eigenvalue weighted by Crippen LogP contribution is -2.09. The van der Waals surface area contributed by atoms with Crippen molar-refractivity contribution in [3.63, 3.8) is 0 Å². The van der Waals surface area contributed by atoms with Gasteiger partial charge < -0.3 is 26.3 Å². The molecule has 4 aromatic rings. The predicted molar refractivity (Wildman–Crippen MR) is 125 cm³/mol. The minimum Gasteiger partial charge on any atom is -0.507 e. The number of carboxylic acid groups (broad SMARTS) is 2. The first-order valence-corrected chi connectivity index (χ1v) is 9.97. The third-order valence-electron chi connectivity index (χ3n) is 4.82. The molecule has 0 aliphatic carbocycles. The van der Waals surface area contributed by atoms with Crippen molar-refractivity contribution in [2.75, 3.05) is 0 Å². The van der Waals surface area contributed by atoms with Crippen molar-refractivity contribution in [3.8, 4) is 28.6 Å². The number of carbonyl (C=O) groups is 2. The molecule has 0 atom stereocenters. The molecule has 2 aromatic heterocycles. The summed E-state index contributed by atoms with van der Waals surface area (Å²) in [5, 5.41) is 49.4. The van der Waals surface area contributed by atoms with Gasteiger partial charge in [-0.05, 0) is 24.3 Å². The lowest BCUT2D eigenvalue weighted by Gasteiger charge is -2.03. The molecule has 36 heavy (non-hydrogen) atoms. The normalized spacial score (nSPS) is 11.6. The lowest BCUT2D eigenvalue weighted by atomic mass is 10.2. The molecule has 0 bridgehead atoms. The lowest BCUT2D eigenvalue weighted by molar-refractivity contribution is 0.0682. The fraction of sp³-hybridized carbons (Fsp3) is 0. The number of nitrogens with two attached hydrogens (primary N) is 1. The van der Waals surface area contributed by atoms with E-state index >= 15 is 0 Å². The first-order valence-electron chi connectivity index (χ1n) is 9.97. The highest BCUT2D eigenvalue weighted by molar-refractivity contribution is 6.37. The van der Waals surface area contributed by atoms with Crippen LogP contribution in [0.1, 0.15) is 26.4 Å². The maximum atomic E-state index is 11.1. The van der Waals surface area contributed by atoms with Gasteiger partial charge in [-0.3, -0.25) is 9.98 Å². The Bertz CT molecular complexity index is 1550. The number of aromatic carboxylic acids is 2. The van der Waals surface area contributed by atoms with E-state index in [4.69, 9.17) is 16.1 Å². The summed E-state index contributed by atoms with van der Waals surface area (Å²) < 4.78 is 1.32. The van der Waals surface area contributed by atoms with Crippen LogP contribution in [0.5, 0.6) is 11.5 Å². The number of hydrogen-bond donors (Lipinski definition) is 5. The SMILES string of the molecule is N/N=C(\C=Nc1ccc(C(=O)O)c(O)c1)c1cncc(-c2cn(-c3ccc(C(=O)O)c(O)c3)nn2)n1. The third-order valence-corrected chi connectivity index (χ3v) is 4.82. The zero-order chi connectivity index (χ0) is 25.8. The van der Waals surface area contributed by atoms with Gasteiger partial charge >= 0.3 is 11.9 Å². The molecule has 180 valence electrons. The van der Waals surface area contributed by atoms with Crippen molar-refractivity contribution in [2.24, 2.45) is 15.9 Å². The zero-order valence-electron chi connectivity index (χ0n) is 18.1. The van der Waals surface area contributed by atoms with Gasteiger partial charge in [0.25, 0.3) is 0 Å². The van der Waals surface area contributed by atoms with Crippen molar-refractivity contribution in [2.45, 2.75) is 0 Å². The van der Waals surface area contributed by atoms with Crippen LogP contribution in [0.4, 0.5) is 5.69 Å². The summed E-state index contributed by atoms with van der Waals surface area (Å²) in [6.45, 7) is 0. The average Bonchev–Trinajstić information content (AvgIpc) is 3.35. The van der Waals surface area contributed by atoms with Gasteiger partial charge in [0.15, 0.2) is 0 Å². The monoisotopic (exact) mass is 488 g/mol. The van der Waals surface area contributed by atoms with Gasteiger partial charge in [-0.2, -0.15) is 5.10 Å². The van der Waals surface area contributed by atoms with Gasteiger partial charge in [-0.15, -0.1) is 5.10 Å². The number of aliphatic imine (C=N–C) groups is 1. The molecular formula is C22H16N8O6. The molecule has 0 saturated heterocycles. The topological polar surface area (TPSA) is 222 Å². The second-order valence-electron chi connectivity index (χ2n) is 7.12. The molecule has 0 saturated carbocycles. The molecule has 0 aliphatic heterocycles. The minimum atomic E-state index is -1.27. The van der Waals surface area contributed by atoms with E-state index in [9.17, 15) is 19.8 Å². The summed E-state index contributed by atoms with van der Waals surface area (Å²) in [5.74, 6) is 2.08. The summed E-state index contributed by atoms with van der Waals surface area (Å²) in [5.41, 5.74) is 1.10. The minimum absolute atomic E-state index is 0.132. The number of nitrogens with zero attached hydrogens (tertiary/aromatic N) is 7. The van der Waals surface area contributed by atoms with Gasteiger partial charge in [0, 0.05) is 12.1 Å². The Labute approximate surface area is 201 Å². The Hall–Kier alpha value is -5.66. The highest BCUT2D eigenvalue weighted by Crippen LogP contribution is 2.24. The fourth-order valence-electron chi connectivity index (χ4n) is 3.05. The van der Waals surface area contributed by atoms with Crippen LogP contribution in [0.25, 0.3) is 17.1 Å². The van der Waals surface area contributed by atoms with Crippen molar-refractivity contribution in [1.29, 1.82) is 0 Å². The average molecular weight is 488 g/mol. The zero-order valence-corrected chi connectivity index (χ0v) is 18.1. The molecule has 0 unspecified atom stereocenters. The Balaban J connectivity index is 1.58. The number of phenols is 2. The molecular weight excluding hydrogens is 472 g/mol. The summed E-state index contributed by atoms with van der Waals surface area (Å²) in [6, 6.07) is 7.72. The quantitative estimate of drug-likeness (QED) is 0.143. The highest BCUT2D eigenvalue weighted by atomic mass is 16.4. The summed E-state index contributed by atoms with van der Waals surface area (Å²) in [7, 11) is 0. The summed E-state index contributed by atoms with van der Waals surface area (Å²) in [6.07, 6.45) is 5.59. The maximum Gasteiger partial charge on any atom is 0.339 e. The largest absolute Gasteiger partial charge is 0.507 e. The van der Waals surface area contributed by atoms with E-state index in [2.05, 4.69) is 30.4 Å². The summed E-state index contributed by atoms with van der Waals surface area (Å²) >= 11 is 0. The van der Waals surface area contributed by atoms with E-state index in [0.717, 1.165) is 0 Å². The number of carboxylic acids is 2. The van der Waals surface area contributed by atoms with Gasteiger partial charge in [-0.1, -0.05) is 5.21 Å². The molecule has 2 heterocycles. The Morgan fingerprint density at radius 1 is 0.944 bits per heavy atom. The van der Waals surface area contributed by atoms with Gasteiger partial charge in [-0.25, -0.2) is 19.3 Å². The summed E-state index contributed by atoms with van der Waals surface area (Å²) in [4.78, 5) is 34.8. The molecule has 4 rings (SSSR count). The first-order chi connectivity index (χ1) is 17.3. The molecule has 6 N–H and O–H groups in total. The van der Waals surface area contributed by atoms with Crippen molar-refractivity contribution >= 4 is 29.6 Å². The Morgan fingerprint density at radius 3 is 2.28 bits per heavy atom. The van der Waals surface area contributed by atoms with Crippen LogP contribution in [-0.4, -0.2) is 69.3 Å². The van der Waals surface area contributed by atoms with Gasteiger partial charge in [0.05, 0.1) is 36.2 Å². The van der Waals surface area contributed by atoms with E-state index in [1.54, 1.807) is 0 Å². The van der Waals surface area contributed by atoms with Gasteiger partial charge in [0.1, 0.15) is 45.4 Å². The standard InChI is InChI=1S/C22H16N8O6/c23-27-17(9-25-11-1-3-13(21(33)34)19(31)5-11)15-7-24-8-16(26-15)18-10-30(29-28-18)12-2-4-14(22(35)36)20(32)6-12/h1-10,31-32H,23H2,(H,33,34)(H,35,36)/b25-9?,27-17+. The second-order valence-corrected chi connectivity index (χ2v) is 7.12. The van der Waals surface area contributed by atoms with Crippen LogP contribution in [-0.2, 0) is 0 Å². The molecule has 0 spiro atoms. The molecule has 14 heteroatoms. The predicted octanol–water partition coefficient (Wildman–Crippen LogP) is 1.60. The number of rotatable bonds is 7. The fourth-order valence-corrected chi connectivity index (χ4v) is 3.05. The van der Waals surface area contributed by atoms with E-state index in [-0.39, 0.29) is 28.2 Å². The molecule has 0 aliphatic rings. The third kappa shape index (κ3) is 4.81. The van der Waals surface area contributed by atoms with Crippen LogP contribution >= 0.6 is 0 Å². The number of aromatic hydroxyl groups is 2. The van der Waals surface area contributed by atoms with Crippen LogP contribution < -0.4 is 5.84 Å². The van der Waals surface area contributed by atoms with Crippen molar-refractivity contribution in [3.05, 3.63) is 71.8 Å². The van der Waals surface area contributed by atoms with Crippen LogP contribution in [0.3, 0.4) is 0 Å². The second kappa shape index (κ2) is 9.68. The van der Waals surface area contributed by atoms with E-state index in [1.165, 1.54) is 65.9 Å². The van der Waals surface area contributed by atoms with E-state index < -0.39 is 23.4 Å². The Morgan fingerprint density at radius 2 is 1.64 bits per heavy atom. The van der Waals surface area contributed by atoms with Crippen LogP contribution in [0.2, 0.25) is 0 Å². The van der Waals surface area contributed by atoms with Crippen molar-refractivity contribution < 1.29 is 30.0 Å². The number of hydrogen-bond acceptors (Lipinski definition) is 11. The molecule has 14 nitrogen and oxygen atoms in total. The van der Waals surface area contributed by atoms with Crippen LogP contribution in [0, 0.1) is 0 Å². The van der Waals surface area contributed by atoms with E-state index in [0.29, 0.717) is 17.1 Å². The smallest absolute Gasteiger partial charge is 0.339 e. The van der Waals surface area contributed by atoms with Crippen LogP contribution in [0.15, 0.2) is 65.1 Å². The molecule has 2 aromatic carbocycles. The first kappa shape index (κ1) is 23.5. The molecule has 0 radical (unpaired) electrons. The number of benzene rings is 2. The van der Waals surface area contributed by atoms with E-state index in [1.807, 2.05) is 0 Å². The number of hydrazone groups is 1. The molecule has 0 fully saturated rings.